The van der Waals surface area contributed by atoms with Crippen LogP contribution in [0.3, 0.4) is 0 Å². The Morgan fingerprint density at radius 1 is 1.30 bits per heavy atom. The van der Waals surface area contributed by atoms with E-state index < -0.39 is 0 Å². The third-order valence-corrected chi connectivity index (χ3v) is 3.72. The molecule has 1 rings (SSSR count). The Balaban J connectivity index is 2.48. The highest BCUT2D eigenvalue weighted by Crippen LogP contribution is 2.12. The molecular formula is C17H28N2O. The minimum Gasteiger partial charge on any atom is -0.356 e. The summed E-state index contributed by atoms with van der Waals surface area (Å²) in [6.07, 6.45) is 3.71. The van der Waals surface area contributed by atoms with Crippen molar-refractivity contribution in [2.45, 2.75) is 46.5 Å². The van der Waals surface area contributed by atoms with E-state index in [1.807, 2.05) is 0 Å². The van der Waals surface area contributed by atoms with E-state index in [4.69, 9.17) is 5.73 Å². The molecule has 0 aliphatic rings. The number of rotatable bonds is 8. The predicted molar refractivity (Wildman–Crippen MR) is 84.7 cm³/mol. The number of benzene rings is 1. The van der Waals surface area contributed by atoms with E-state index in [1.165, 1.54) is 11.1 Å². The second-order valence-electron chi connectivity index (χ2n) is 5.64. The molecule has 20 heavy (non-hydrogen) atoms. The standard InChI is InChI=1S/C17H28N2O/c1-4-5-15(8-9-18)12-19-17(20)11-16-10-13(2)6-7-14(16)3/h6-7,10,15H,4-5,8-9,11-12,18H2,1-3H3,(H,19,20). The molecule has 0 bridgehead atoms. The number of nitrogens with two attached hydrogens (primary N) is 1. The van der Waals surface area contributed by atoms with Crippen LogP contribution in [0, 0.1) is 19.8 Å². The van der Waals surface area contributed by atoms with Gasteiger partial charge < -0.3 is 11.1 Å². The third kappa shape index (κ3) is 5.74. The molecule has 3 heteroatoms. The highest BCUT2D eigenvalue weighted by molar-refractivity contribution is 5.78. The molecular weight excluding hydrogens is 248 g/mol. The van der Waals surface area contributed by atoms with Crippen molar-refractivity contribution in [3.05, 3.63) is 34.9 Å². The molecule has 0 aliphatic heterocycles. The van der Waals surface area contributed by atoms with Gasteiger partial charge in [0.25, 0.3) is 0 Å². The lowest BCUT2D eigenvalue weighted by Crippen LogP contribution is -2.31. The number of nitrogens with one attached hydrogen (secondary N) is 1. The molecule has 1 amide bonds. The van der Waals surface area contributed by atoms with Crippen LogP contribution in [0.1, 0.15) is 42.9 Å². The summed E-state index contributed by atoms with van der Waals surface area (Å²) in [6.45, 7) is 7.71. The normalized spacial score (nSPS) is 12.2. The summed E-state index contributed by atoms with van der Waals surface area (Å²) in [5.74, 6) is 0.615. The summed E-state index contributed by atoms with van der Waals surface area (Å²) in [5.41, 5.74) is 9.11. The van der Waals surface area contributed by atoms with Crippen LogP contribution in [0.15, 0.2) is 18.2 Å². The van der Waals surface area contributed by atoms with Crippen LogP contribution in [-0.2, 0) is 11.2 Å². The van der Waals surface area contributed by atoms with E-state index in [0.29, 0.717) is 18.9 Å². The monoisotopic (exact) mass is 276 g/mol. The fraction of sp³-hybridized carbons (Fsp3) is 0.588. The first-order valence-electron chi connectivity index (χ1n) is 7.59. The maximum absolute atomic E-state index is 12.0. The predicted octanol–water partition coefficient (Wildman–Crippen LogP) is 2.73. The summed E-state index contributed by atoms with van der Waals surface area (Å²) in [4.78, 5) is 12.0. The van der Waals surface area contributed by atoms with E-state index in [2.05, 4.69) is 44.3 Å². The topological polar surface area (TPSA) is 55.1 Å². The number of aryl methyl sites for hydroxylation is 2. The van der Waals surface area contributed by atoms with Crippen molar-refractivity contribution in [2.75, 3.05) is 13.1 Å². The van der Waals surface area contributed by atoms with Crippen LogP contribution in [0.4, 0.5) is 0 Å². The first-order chi connectivity index (χ1) is 9.56. The maximum Gasteiger partial charge on any atom is 0.224 e. The fourth-order valence-electron chi connectivity index (χ4n) is 2.48. The average molecular weight is 276 g/mol. The Morgan fingerprint density at radius 2 is 2.05 bits per heavy atom. The molecule has 0 radical (unpaired) electrons. The van der Waals surface area contributed by atoms with Gasteiger partial charge in [-0.2, -0.15) is 0 Å². The molecule has 1 atom stereocenters. The number of hydrogen-bond acceptors (Lipinski definition) is 2. The third-order valence-electron chi connectivity index (χ3n) is 3.72. The summed E-state index contributed by atoms with van der Waals surface area (Å²) < 4.78 is 0. The number of hydrogen-bond donors (Lipinski definition) is 2. The molecule has 1 unspecified atom stereocenters. The Hall–Kier alpha value is -1.35. The van der Waals surface area contributed by atoms with E-state index in [0.717, 1.165) is 31.4 Å². The lowest BCUT2D eigenvalue weighted by atomic mass is 9.99. The minimum atomic E-state index is 0.108. The molecule has 3 N–H and O–H groups in total. The molecule has 3 nitrogen and oxygen atoms in total. The summed E-state index contributed by atoms with van der Waals surface area (Å²) >= 11 is 0. The van der Waals surface area contributed by atoms with Gasteiger partial charge in [0.05, 0.1) is 6.42 Å². The largest absolute Gasteiger partial charge is 0.356 e. The highest BCUT2D eigenvalue weighted by Gasteiger charge is 2.10. The molecule has 1 aromatic carbocycles. The van der Waals surface area contributed by atoms with Gasteiger partial charge in [0.1, 0.15) is 0 Å². The summed E-state index contributed by atoms with van der Waals surface area (Å²) in [6, 6.07) is 6.25. The Labute approximate surface area is 122 Å². The van der Waals surface area contributed by atoms with Gasteiger partial charge in [-0.1, -0.05) is 37.1 Å². The van der Waals surface area contributed by atoms with Crippen LogP contribution in [0.2, 0.25) is 0 Å². The van der Waals surface area contributed by atoms with Gasteiger partial charge in [-0.15, -0.1) is 0 Å². The summed E-state index contributed by atoms with van der Waals surface area (Å²) in [5, 5.41) is 3.05. The molecule has 112 valence electrons. The van der Waals surface area contributed by atoms with Crippen molar-refractivity contribution in [3.8, 4) is 0 Å². The zero-order chi connectivity index (χ0) is 15.0. The molecule has 0 aliphatic carbocycles. The first kappa shape index (κ1) is 16.7. The minimum absolute atomic E-state index is 0.108. The van der Waals surface area contributed by atoms with Crippen molar-refractivity contribution >= 4 is 5.91 Å². The molecule has 0 aromatic heterocycles. The average Bonchev–Trinajstić information content (AvgIpc) is 2.41. The number of amides is 1. The smallest absolute Gasteiger partial charge is 0.224 e. The molecule has 0 heterocycles. The van der Waals surface area contributed by atoms with Gasteiger partial charge in [0.2, 0.25) is 5.91 Å². The number of carbonyl (C=O) groups is 1. The SMILES string of the molecule is CCCC(CCN)CNC(=O)Cc1cc(C)ccc1C. The van der Waals surface area contributed by atoms with E-state index in [1.54, 1.807) is 0 Å². The summed E-state index contributed by atoms with van der Waals surface area (Å²) in [7, 11) is 0. The van der Waals surface area contributed by atoms with Crippen LogP contribution in [-0.4, -0.2) is 19.0 Å². The van der Waals surface area contributed by atoms with Crippen molar-refractivity contribution in [3.63, 3.8) is 0 Å². The van der Waals surface area contributed by atoms with Gasteiger partial charge in [-0.3, -0.25) is 4.79 Å². The number of carbonyl (C=O) groups excluding carboxylic acids is 1. The van der Waals surface area contributed by atoms with Gasteiger partial charge in [0, 0.05) is 6.54 Å². The molecule has 0 saturated carbocycles. The lowest BCUT2D eigenvalue weighted by Gasteiger charge is -2.16. The first-order valence-corrected chi connectivity index (χ1v) is 7.59. The Bertz CT molecular complexity index is 423. The molecule has 0 fully saturated rings. The van der Waals surface area contributed by atoms with Crippen molar-refractivity contribution in [1.82, 2.24) is 5.32 Å². The van der Waals surface area contributed by atoms with E-state index in [9.17, 15) is 4.79 Å². The van der Waals surface area contributed by atoms with Gasteiger partial charge in [-0.05, 0) is 50.3 Å². The van der Waals surface area contributed by atoms with Crippen LogP contribution in [0.5, 0.6) is 0 Å². The second kappa shape index (κ2) is 8.75. The van der Waals surface area contributed by atoms with Crippen molar-refractivity contribution < 1.29 is 4.79 Å². The zero-order valence-electron chi connectivity index (χ0n) is 13.0. The quantitative estimate of drug-likeness (QED) is 0.767. The van der Waals surface area contributed by atoms with Crippen molar-refractivity contribution in [2.24, 2.45) is 11.7 Å². The zero-order valence-corrected chi connectivity index (χ0v) is 13.0. The van der Waals surface area contributed by atoms with Gasteiger partial charge in [0.15, 0.2) is 0 Å². The highest BCUT2D eigenvalue weighted by atomic mass is 16.1. The fourth-order valence-corrected chi connectivity index (χ4v) is 2.48. The molecule has 0 saturated heterocycles. The maximum atomic E-state index is 12.0. The molecule has 1 aromatic rings. The van der Waals surface area contributed by atoms with E-state index >= 15 is 0 Å². The van der Waals surface area contributed by atoms with Crippen LogP contribution < -0.4 is 11.1 Å². The Kier molecular flexibility index (Phi) is 7.31. The van der Waals surface area contributed by atoms with Crippen LogP contribution in [0.25, 0.3) is 0 Å². The second-order valence-corrected chi connectivity index (χ2v) is 5.64. The molecule has 0 spiro atoms. The van der Waals surface area contributed by atoms with Crippen molar-refractivity contribution in [1.29, 1.82) is 0 Å². The van der Waals surface area contributed by atoms with Gasteiger partial charge >= 0.3 is 0 Å². The van der Waals surface area contributed by atoms with E-state index in [-0.39, 0.29) is 5.91 Å². The van der Waals surface area contributed by atoms with Crippen LogP contribution >= 0.6 is 0 Å². The van der Waals surface area contributed by atoms with Gasteiger partial charge in [-0.25, -0.2) is 0 Å². The lowest BCUT2D eigenvalue weighted by molar-refractivity contribution is -0.120. The Morgan fingerprint density at radius 3 is 2.70 bits per heavy atom.